The van der Waals surface area contributed by atoms with Gasteiger partial charge in [-0.3, -0.25) is 9.36 Å². The molecule has 0 spiro atoms. The Bertz CT molecular complexity index is 1600. The van der Waals surface area contributed by atoms with Crippen LogP contribution >= 0.6 is 23.4 Å². The SMILES string of the molecule is COc1cccc(-c2noc(CSc3nc4ccccc4c(=O)n3Cc3cccc(Cl)c3)n2)c1OC. The van der Waals surface area contributed by atoms with E-state index in [1.54, 1.807) is 37.0 Å². The van der Waals surface area contributed by atoms with Gasteiger partial charge in [0.2, 0.25) is 11.7 Å². The van der Waals surface area contributed by atoms with E-state index in [1.807, 2.05) is 48.5 Å². The lowest BCUT2D eigenvalue weighted by molar-refractivity contribution is 0.355. The molecular weight excluding hydrogens is 500 g/mol. The molecule has 0 atom stereocenters. The number of nitrogens with zero attached hydrogens (tertiary/aromatic N) is 4. The lowest BCUT2D eigenvalue weighted by Crippen LogP contribution is -2.24. The van der Waals surface area contributed by atoms with Gasteiger partial charge in [-0.25, -0.2) is 4.98 Å². The topological polar surface area (TPSA) is 92.3 Å². The van der Waals surface area contributed by atoms with Crippen LogP contribution < -0.4 is 15.0 Å². The third-order valence-electron chi connectivity index (χ3n) is 5.49. The van der Waals surface area contributed by atoms with E-state index in [-0.39, 0.29) is 5.56 Å². The maximum absolute atomic E-state index is 13.4. The fraction of sp³-hybridized carbons (Fsp3) is 0.154. The molecule has 0 aliphatic heterocycles. The molecule has 5 rings (SSSR count). The third-order valence-corrected chi connectivity index (χ3v) is 6.69. The van der Waals surface area contributed by atoms with E-state index in [9.17, 15) is 4.79 Å². The number of methoxy groups -OCH3 is 2. The Morgan fingerprint density at radius 1 is 1.00 bits per heavy atom. The number of rotatable bonds is 8. The standard InChI is InChI=1S/C26H21ClN4O4S/c1-33-21-12-6-10-19(23(21)34-2)24-29-22(35-30-24)15-36-26-28-20-11-4-3-9-18(20)25(32)31(26)14-16-7-5-8-17(27)13-16/h3-13H,14-15H2,1-2H3. The Kier molecular flexibility index (Phi) is 6.92. The van der Waals surface area contributed by atoms with Gasteiger partial charge in [-0.15, -0.1) is 0 Å². The molecule has 0 unspecified atom stereocenters. The second kappa shape index (κ2) is 10.4. The summed E-state index contributed by atoms with van der Waals surface area (Å²) in [6.07, 6.45) is 0. The van der Waals surface area contributed by atoms with Crippen molar-refractivity contribution in [3.05, 3.63) is 93.6 Å². The van der Waals surface area contributed by atoms with E-state index in [0.29, 0.717) is 62.2 Å². The zero-order valence-corrected chi connectivity index (χ0v) is 21.0. The molecule has 2 heterocycles. The van der Waals surface area contributed by atoms with Crippen LogP contribution in [0.3, 0.4) is 0 Å². The predicted molar refractivity (Wildman–Crippen MR) is 139 cm³/mol. The van der Waals surface area contributed by atoms with Crippen LogP contribution in [0.4, 0.5) is 0 Å². The van der Waals surface area contributed by atoms with E-state index in [1.165, 1.54) is 11.8 Å². The van der Waals surface area contributed by atoms with Gasteiger partial charge >= 0.3 is 0 Å². The van der Waals surface area contributed by atoms with E-state index < -0.39 is 0 Å². The molecule has 0 amide bonds. The van der Waals surface area contributed by atoms with Crippen LogP contribution in [0, 0.1) is 0 Å². The lowest BCUT2D eigenvalue weighted by Gasteiger charge is -2.13. The van der Waals surface area contributed by atoms with E-state index in [0.717, 1.165) is 5.56 Å². The highest BCUT2D eigenvalue weighted by Gasteiger charge is 2.18. The van der Waals surface area contributed by atoms with Crippen molar-refractivity contribution >= 4 is 34.3 Å². The second-order valence-electron chi connectivity index (χ2n) is 7.77. The molecule has 0 N–H and O–H groups in total. The monoisotopic (exact) mass is 520 g/mol. The summed E-state index contributed by atoms with van der Waals surface area (Å²) in [6, 6.07) is 20.2. The summed E-state index contributed by atoms with van der Waals surface area (Å²) in [7, 11) is 3.13. The van der Waals surface area contributed by atoms with Gasteiger partial charge in [0.25, 0.3) is 5.56 Å². The van der Waals surface area contributed by atoms with Gasteiger partial charge in [-0.05, 0) is 42.0 Å². The molecule has 10 heteroatoms. The van der Waals surface area contributed by atoms with Gasteiger partial charge in [0.15, 0.2) is 16.7 Å². The van der Waals surface area contributed by atoms with Gasteiger partial charge in [-0.1, -0.05) is 58.9 Å². The number of halogens is 1. The molecule has 0 bridgehead atoms. The van der Waals surface area contributed by atoms with Crippen LogP contribution in [-0.2, 0) is 12.3 Å². The summed E-state index contributed by atoms with van der Waals surface area (Å²) in [5, 5.41) is 5.81. The van der Waals surface area contributed by atoms with Gasteiger partial charge < -0.3 is 14.0 Å². The quantitative estimate of drug-likeness (QED) is 0.197. The first-order valence-electron chi connectivity index (χ1n) is 11.0. The summed E-state index contributed by atoms with van der Waals surface area (Å²) < 4.78 is 18.0. The number of ether oxygens (including phenoxy) is 2. The van der Waals surface area contributed by atoms with E-state index >= 15 is 0 Å². The molecular formula is C26H21ClN4O4S. The van der Waals surface area contributed by atoms with Crippen molar-refractivity contribution < 1.29 is 14.0 Å². The summed E-state index contributed by atoms with van der Waals surface area (Å²) in [4.78, 5) is 22.6. The summed E-state index contributed by atoms with van der Waals surface area (Å²) >= 11 is 7.51. The Balaban J connectivity index is 1.46. The molecule has 5 aromatic rings. The predicted octanol–water partition coefficient (Wildman–Crippen LogP) is 5.46. The molecule has 182 valence electrons. The highest BCUT2D eigenvalue weighted by Crippen LogP contribution is 2.36. The minimum absolute atomic E-state index is 0.129. The zero-order chi connectivity index (χ0) is 25.1. The Hall–Kier alpha value is -3.82. The van der Waals surface area contributed by atoms with Crippen LogP contribution in [0.2, 0.25) is 5.02 Å². The molecule has 2 aromatic heterocycles. The minimum atomic E-state index is -0.129. The number of hydrogen-bond acceptors (Lipinski definition) is 8. The summed E-state index contributed by atoms with van der Waals surface area (Å²) in [5.74, 6) is 2.17. The van der Waals surface area contributed by atoms with Crippen LogP contribution in [0.5, 0.6) is 11.5 Å². The van der Waals surface area contributed by atoms with Gasteiger partial charge in [0, 0.05) is 5.02 Å². The van der Waals surface area contributed by atoms with Crippen molar-refractivity contribution in [3.63, 3.8) is 0 Å². The molecule has 0 aliphatic carbocycles. The maximum atomic E-state index is 13.4. The fourth-order valence-corrected chi connectivity index (χ4v) is 4.88. The number of hydrogen-bond donors (Lipinski definition) is 0. The number of fused-ring (bicyclic) bond motifs is 1. The van der Waals surface area contributed by atoms with Crippen molar-refractivity contribution in [2.24, 2.45) is 0 Å². The molecule has 8 nitrogen and oxygen atoms in total. The smallest absolute Gasteiger partial charge is 0.262 e. The van der Waals surface area contributed by atoms with Crippen molar-refractivity contribution in [2.45, 2.75) is 17.5 Å². The molecule has 0 aliphatic rings. The van der Waals surface area contributed by atoms with E-state index in [4.69, 9.17) is 30.6 Å². The van der Waals surface area contributed by atoms with Crippen molar-refractivity contribution in [3.8, 4) is 22.9 Å². The summed E-state index contributed by atoms with van der Waals surface area (Å²) in [6.45, 7) is 0.329. The number of benzene rings is 3. The largest absolute Gasteiger partial charge is 0.493 e. The molecule has 0 saturated heterocycles. The molecule has 36 heavy (non-hydrogen) atoms. The van der Waals surface area contributed by atoms with Gasteiger partial charge in [0.1, 0.15) is 0 Å². The molecule has 0 saturated carbocycles. The molecule has 0 radical (unpaired) electrons. The van der Waals surface area contributed by atoms with Crippen molar-refractivity contribution in [2.75, 3.05) is 14.2 Å². The Morgan fingerprint density at radius 3 is 2.64 bits per heavy atom. The van der Waals surface area contributed by atoms with Crippen molar-refractivity contribution in [1.29, 1.82) is 0 Å². The Morgan fingerprint density at radius 2 is 1.83 bits per heavy atom. The highest BCUT2D eigenvalue weighted by atomic mass is 35.5. The third kappa shape index (κ3) is 4.80. The average molecular weight is 521 g/mol. The summed E-state index contributed by atoms with van der Waals surface area (Å²) in [5.41, 5.74) is 2.04. The first kappa shape index (κ1) is 23.9. The van der Waals surface area contributed by atoms with E-state index in [2.05, 4.69) is 10.1 Å². The molecule has 0 fully saturated rings. The molecule has 3 aromatic carbocycles. The van der Waals surface area contributed by atoms with Gasteiger partial charge in [-0.2, -0.15) is 4.98 Å². The first-order valence-corrected chi connectivity index (χ1v) is 12.3. The normalized spacial score (nSPS) is 11.1. The highest BCUT2D eigenvalue weighted by molar-refractivity contribution is 7.98. The average Bonchev–Trinajstić information content (AvgIpc) is 3.37. The lowest BCUT2D eigenvalue weighted by atomic mass is 10.2. The number of aromatic nitrogens is 4. The van der Waals surface area contributed by atoms with Crippen LogP contribution in [0.25, 0.3) is 22.3 Å². The zero-order valence-electron chi connectivity index (χ0n) is 19.5. The van der Waals surface area contributed by atoms with Crippen molar-refractivity contribution in [1.82, 2.24) is 19.7 Å². The number of para-hydroxylation sites is 2. The second-order valence-corrected chi connectivity index (χ2v) is 9.15. The van der Waals surface area contributed by atoms with Crippen LogP contribution in [0.15, 0.2) is 81.2 Å². The van der Waals surface area contributed by atoms with Crippen LogP contribution in [0.1, 0.15) is 11.5 Å². The Labute approximate surface area is 215 Å². The maximum Gasteiger partial charge on any atom is 0.262 e. The fourth-order valence-electron chi connectivity index (χ4n) is 3.83. The van der Waals surface area contributed by atoms with Gasteiger partial charge in [0.05, 0.1) is 43.0 Å². The number of thioether (sulfide) groups is 1. The minimum Gasteiger partial charge on any atom is -0.493 e. The van der Waals surface area contributed by atoms with Crippen LogP contribution in [-0.4, -0.2) is 33.9 Å². The first-order chi connectivity index (χ1) is 17.6.